The highest BCUT2D eigenvalue weighted by atomic mass is 32.2. The van der Waals surface area contributed by atoms with Gasteiger partial charge >= 0.3 is 0 Å². The fourth-order valence-electron chi connectivity index (χ4n) is 2.63. The Labute approximate surface area is 89.7 Å². The number of carbonyl (C=O) groups is 1. The third-order valence-corrected chi connectivity index (χ3v) is 4.56. The number of carbonyl (C=O) groups excluding carboxylic acids is 1. The van der Waals surface area contributed by atoms with Gasteiger partial charge < -0.3 is 4.90 Å². The maximum absolute atomic E-state index is 11.8. The van der Waals surface area contributed by atoms with Gasteiger partial charge in [-0.15, -0.1) is 11.8 Å². The predicted octanol–water partition coefficient (Wildman–Crippen LogP) is 2.41. The molecule has 3 heteroatoms. The van der Waals surface area contributed by atoms with E-state index in [-0.39, 0.29) is 15.5 Å². The fourth-order valence-corrected chi connectivity index (χ4v) is 4.57. The van der Waals surface area contributed by atoms with E-state index < -0.39 is 0 Å². The van der Waals surface area contributed by atoms with Gasteiger partial charge in [-0.25, -0.2) is 0 Å². The van der Waals surface area contributed by atoms with Gasteiger partial charge in [0.2, 0.25) is 5.91 Å². The molecular formula is C11H17NOS. The van der Waals surface area contributed by atoms with Gasteiger partial charge in [-0.1, -0.05) is 6.08 Å². The molecule has 0 aliphatic carbocycles. The van der Waals surface area contributed by atoms with Crippen LogP contribution in [0, 0.1) is 0 Å². The van der Waals surface area contributed by atoms with E-state index in [1.54, 1.807) is 6.08 Å². The smallest absolute Gasteiger partial charge is 0.247 e. The lowest BCUT2D eigenvalue weighted by molar-refractivity contribution is -0.131. The Kier molecular flexibility index (Phi) is 2.01. The lowest BCUT2D eigenvalue weighted by Crippen LogP contribution is -2.49. The lowest BCUT2D eigenvalue weighted by Gasteiger charge is -2.36. The molecule has 1 atom stereocenters. The van der Waals surface area contributed by atoms with Crippen LogP contribution in [0.1, 0.15) is 34.1 Å². The number of rotatable bonds is 0. The second-order valence-electron chi connectivity index (χ2n) is 5.01. The zero-order valence-corrected chi connectivity index (χ0v) is 10.0. The molecule has 78 valence electrons. The topological polar surface area (TPSA) is 20.3 Å². The van der Waals surface area contributed by atoms with Crippen molar-refractivity contribution in [2.24, 2.45) is 0 Å². The van der Waals surface area contributed by atoms with Gasteiger partial charge in [0, 0.05) is 4.75 Å². The molecular weight excluding hydrogens is 194 g/mol. The molecule has 0 spiro atoms. The summed E-state index contributed by atoms with van der Waals surface area (Å²) >= 11 is 1.90. The number of thioether (sulfide) groups is 1. The minimum atomic E-state index is -0.0595. The average molecular weight is 211 g/mol. The Bertz CT molecular complexity index is 306. The molecule has 2 heterocycles. The van der Waals surface area contributed by atoms with Crippen molar-refractivity contribution < 1.29 is 4.79 Å². The Hall–Kier alpha value is -0.440. The van der Waals surface area contributed by atoms with Gasteiger partial charge in [0.15, 0.2) is 0 Å². The summed E-state index contributed by atoms with van der Waals surface area (Å²) in [5, 5.41) is 0. The molecule has 1 saturated heterocycles. The first-order valence-corrected chi connectivity index (χ1v) is 5.86. The quantitative estimate of drug-likeness (QED) is 0.613. The van der Waals surface area contributed by atoms with Crippen LogP contribution in [0.25, 0.3) is 0 Å². The second kappa shape index (κ2) is 2.78. The van der Waals surface area contributed by atoms with Crippen LogP contribution in [0.4, 0.5) is 0 Å². The minimum absolute atomic E-state index is 0.0595. The lowest BCUT2D eigenvalue weighted by atomic mass is 9.94. The van der Waals surface area contributed by atoms with Gasteiger partial charge in [-0.2, -0.15) is 0 Å². The summed E-state index contributed by atoms with van der Waals surface area (Å²) < 4.78 is 0.171. The van der Waals surface area contributed by atoms with E-state index in [1.807, 2.05) is 22.7 Å². The van der Waals surface area contributed by atoms with Crippen LogP contribution in [0.2, 0.25) is 0 Å². The molecule has 2 rings (SSSR count). The Morgan fingerprint density at radius 2 is 2.07 bits per heavy atom. The van der Waals surface area contributed by atoms with Gasteiger partial charge in [0.25, 0.3) is 0 Å². The highest BCUT2D eigenvalue weighted by molar-refractivity contribution is 8.02. The van der Waals surface area contributed by atoms with Crippen LogP contribution in [0.3, 0.4) is 0 Å². The molecule has 0 saturated carbocycles. The summed E-state index contributed by atoms with van der Waals surface area (Å²) in [5.41, 5.74) is 0. The van der Waals surface area contributed by atoms with E-state index in [0.717, 1.165) is 6.42 Å². The zero-order chi connectivity index (χ0) is 10.6. The zero-order valence-electron chi connectivity index (χ0n) is 9.20. The highest BCUT2D eigenvalue weighted by Gasteiger charge is 2.53. The van der Waals surface area contributed by atoms with Crippen molar-refractivity contribution in [1.82, 2.24) is 4.90 Å². The van der Waals surface area contributed by atoms with Crippen molar-refractivity contribution in [2.75, 3.05) is 0 Å². The maximum Gasteiger partial charge on any atom is 0.247 e. The molecule has 0 aromatic heterocycles. The number of amides is 1. The molecule has 14 heavy (non-hydrogen) atoms. The average Bonchev–Trinajstić information content (AvgIpc) is 2.18. The van der Waals surface area contributed by atoms with Crippen LogP contribution in [-0.4, -0.2) is 26.5 Å². The van der Waals surface area contributed by atoms with Crippen LogP contribution >= 0.6 is 11.8 Å². The summed E-state index contributed by atoms with van der Waals surface area (Å²) in [6.45, 7) is 8.74. The maximum atomic E-state index is 11.8. The fraction of sp³-hybridized carbons (Fsp3) is 0.727. The third kappa shape index (κ3) is 1.29. The van der Waals surface area contributed by atoms with Crippen molar-refractivity contribution in [3.8, 4) is 0 Å². The normalized spacial score (nSPS) is 33.3. The Morgan fingerprint density at radius 3 is 2.64 bits per heavy atom. The van der Waals surface area contributed by atoms with Crippen molar-refractivity contribution in [2.45, 2.75) is 49.8 Å². The SMILES string of the molecule is CC1(C)SC(C)(C)N2C(=O)C=CCC21. The molecule has 2 aliphatic heterocycles. The molecule has 0 aromatic rings. The van der Waals surface area contributed by atoms with Crippen LogP contribution in [0.5, 0.6) is 0 Å². The van der Waals surface area contributed by atoms with Gasteiger partial charge in [-0.3, -0.25) is 4.79 Å². The van der Waals surface area contributed by atoms with Gasteiger partial charge in [0.05, 0.1) is 10.9 Å². The van der Waals surface area contributed by atoms with Crippen LogP contribution in [-0.2, 0) is 4.79 Å². The number of hydrogen-bond acceptors (Lipinski definition) is 2. The van der Waals surface area contributed by atoms with Crippen molar-refractivity contribution in [3.05, 3.63) is 12.2 Å². The Balaban J connectivity index is 2.42. The second-order valence-corrected chi connectivity index (χ2v) is 7.27. The van der Waals surface area contributed by atoms with E-state index >= 15 is 0 Å². The van der Waals surface area contributed by atoms with Crippen molar-refractivity contribution >= 4 is 17.7 Å². The van der Waals surface area contributed by atoms with Gasteiger partial charge in [-0.05, 0) is 40.2 Å². The highest BCUT2D eigenvalue weighted by Crippen LogP contribution is 2.52. The van der Waals surface area contributed by atoms with Gasteiger partial charge in [0.1, 0.15) is 0 Å². The van der Waals surface area contributed by atoms with E-state index in [9.17, 15) is 4.79 Å². The molecule has 1 fully saturated rings. The first kappa shape index (κ1) is 10.1. The van der Waals surface area contributed by atoms with E-state index in [2.05, 4.69) is 27.7 Å². The molecule has 1 unspecified atom stereocenters. The largest absolute Gasteiger partial charge is 0.320 e. The standard InChI is InChI=1S/C11H17NOS/c1-10(2)8-6-5-7-9(13)12(8)11(3,4)14-10/h5,7-8H,6H2,1-4H3. The molecule has 0 N–H and O–H groups in total. The minimum Gasteiger partial charge on any atom is -0.320 e. The summed E-state index contributed by atoms with van der Waals surface area (Å²) in [4.78, 5) is 13.8. The molecule has 2 aliphatic rings. The summed E-state index contributed by atoms with van der Waals surface area (Å²) in [5.74, 6) is 0.171. The summed E-state index contributed by atoms with van der Waals surface area (Å²) in [7, 11) is 0. The molecule has 1 amide bonds. The third-order valence-electron chi connectivity index (χ3n) is 3.06. The van der Waals surface area contributed by atoms with Crippen molar-refractivity contribution in [3.63, 3.8) is 0 Å². The summed E-state index contributed by atoms with van der Waals surface area (Å²) in [6, 6.07) is 0.361. The Morgan fingerprint density at radius 1 is 1.43 bits per heavy atom. The van der Waals surface area contributed by atoms with Crippen LogP contribution in [0.15, 0.2) is 12.2 Å². The monoisotopic (exact) mass is 211 g/mol. The molecule has 0 radical (unpaired) electrons. The van der Waals surface area contributed by atoms with E-state index in [0.29, 0.717) is 6.04 Å². The number of hydrogen-bond donors (Lipinski definition) is 0. The van der Waals surface area contributed by atoms with E-state index in [1.165, 1.54) is 0 Å². The van der Waals surface area contributed by atoms with Crippen molar-refractivity contribution in [1.29, 1.82) is 0 Å². The van der Waals surface area contributed by atoms with Crippen LogP contribution < -0.4 is 0 Å². The first-order chi connectivity index (χ1) is 6.34. The number of nitrogens with zero attached hydrogens (tertiary/aromatic N) is 1. The molecule has 0 aromatic carbocycles. The number of fused-ring (bicyclic) bond motifs is 1. The summed E-state index contributed by atoms with van der Waals surface area (Å²) in [6.07, 6.45) is 4.71. The molecule has 0 bridgehead atoms. The predicted molar refractivity (Wildman–Crippen MR) is 60.1 cm³/mol. The van der Waals surface area contributed by atoms with E-state index in [4.69, 9.17) is 0 Å². The molecule has 2 nitrogen and oxygen atoms in total. The first-order valence-electron chi connectivity index (χ1n) is 5.04.